The van der Waals surface area contributed by atoms with Crippen LogP contribution in [0.1, 0.15) is 40.5 Å². The molecule has 1 aromatic rings. The van der Waals surface area contributed by atoms with Crippen molar-refractivity contribution in [3.63, 3.8) is 0 Å². The van der Waals surface area contributed by atoms with Crippen LogP contribution in [0.3, 0.4) is 0 Å². The Morgan fingerprint density at radius 2 is 1.94 bits per heavy atom. The molecule has 1 aromatic carbocycles. The highest BCUT2D eigenvalue weighted by Crippen LogP contribution is 2.21. The number of hydrogen-bond donors (Lipinski definition) is 4. The average molecular weight is 474 g/mol. The van der Waals surface area contributed by atoms with Gasteiger partial charge in [0.25, 0.3) is 0 Å². The van der Waals surface area contributed by atoms with Gasteiger partial charge < -0.3 is 31.3 Å². The number of nitrogens with one attached hydrogen (secondary N) is 3. The van der Waals surface area contributed by atoms with E-state index in [1.54, 1.807) is 38.1 Å². The zero-order valence-corrected chi connectivity index (χ0v) is 20.4. The van der Waals surface area contributed by atoms with E-state index in [1.165, 1.54) is 18.1 Å². The van der Waals surface area contributed by atoms with Gasteiger partial charge in [0, 0.05) is 24.4 Å². The third-order valence-electron chi connectivity index (χ3n) is 5.33. The Hall–Kier alpha value is -3.56. The fraction of sp³-hybridized carbons (Fsp3) is 0.500. The maximum absolute atomic E-state index is 13.1. The Morgan fingerprint density at radius 1 is 1.24 bits per heavy atom. The Labute approximate surface area is 200 Å². The number of amides is 5. The molecule has 3 atom stereocenters. The maximum Gasteiger partial charge on any atom is 0.319 e. The van der Waals surface area contributed by atoms with Gasteiger partial charge in [-0.1, -0.05) is 25.5 Å². The summed E-state index contributed by atoms with van der Waals surface area (Å²) in [7, 11) is 1.53. The van der Waals surface area contributed by atoms with E-state index in [0.29, 0.717) is 17.9 Å². The van der Waals surface area contributed by atoms with E-state index < -0.39 is 36.0 Å². The van der Waals surface area contributed by atoms with E-state index in [-0.39, 0.29) is 24.8 Å². The zero-order chi connectivity index (χ0) is 25.4. The van der Waals surface area contributed by atoms with Crippen LogP contribution in [0.5, 0.6) is 5.75 Å². The van der Waals surface area contributed by atoms with Crippen LogP contribution in [-0.4, -0.2) is 60.4 Å². The van der Waals surface area contributed by atoms with Gasteiger partial charge >= 0.3 is 6.03 Å². The zero-order valence-electron chi connectivity index (χ0n) is 20.4. The summed E-state index contributed by atoms with van der Waals surface area (Å²) in [4.78, 5) is 51.6. The largest absolute Gasteiger partial charge is 0.497 e. The summed E-state index contributed by atoms with van der Waals surface area (Å²) in [6.07, 6.45) is 2.03. The Morgan fingerprint density at radius 3 is 2.53 bits per heavy atom. The lowest BCUT2D eigenvalue weighted by molar-refractivity contribution is -0.136. The molecule has 10 nitrogen and oxygen atoms in total. The van der Waals surface area contributed by atoms with Gasteiger partial charge in [0.2, 0.25) is 17.7 Å². The van der Waals surface area contributed by atoms with Crippen LogP contribution in [0.15, 0.2) is 35.9 Å². The van der Waals surface area contributed by atoms with Gasteiger partial charge in [0.05, 0.1) is 13.2 Å². The lowest BCUT2D eigenvalue weighted by Gasteiger charge is -2.25. The first-order valence-corrected chi connectivity index (χ1v) is 11.3. The summed E-state index contributed by atoms with van der Waals surface area (Å²) in [5.41, 5.74) is 6.79. The smallest absolute Gasteiger partial charge is 0.319 e. The van der Waals surface area contributed by atoms with E-state index in [1.807, 2.05) is 13.8 Å². The standard InChI is InChI=1S/C24H35N5O5/c1-14(2)9-19(22(25)31)28-23(32)20-12-17(13-29(20)21(30)10-15(3)4)27-24(33)26-16-7-6-8-18(11-16)34-5/h6-8,10-11,14,17,19-20H,9,12-13H2,1-5H3,(H2,25,31)(H,28,32)(H2,26,27,33). The summed E-state index contributed by atoms with van der Waals surface area (Å²) >= 11 is 0. The molecule has 5 amide bonds. The molecular weight excluding hydrogens is 438 g/mol. The van der Waals surface area contributed by atoms with Crippen LogP contribution in [0, 0.1) is 5.92 Å². The minimum atomic E-state index is -0.848. The minimum Gasteiger partial charge on any atom is -0.497 e. The van der Waals surface area contributed by atoms with Crippen molar-refractivity contribution in [2.45, 2.75) is 58.7 Å². The second-order valence-corrected chi connectivity index (χ2v) is 9.08. The molecule has 1 saturated heterocycles. The number of anilines is 1. The Balaban J connectivity index is 2.13. The Bertz CT molecular complexity index is 941. The monoisotopic (exact) mass is 473 g/mol. The van der Waals surface area contributed by atoms with Crippen LogP contribution < -0.4 is 26.4 Å². The fourth-order valence-electron chi connectivity index (χ4n) is 3.80. The van der Waals surface area contributed by atoms with E-state index in [4.69, 9.17) is 10.5 Å². The number of hydrogen-bond acceptors (Lipinski definition) is 5. The van der Waals surface area contributed by atoms with Gasteiger partial charge in [-0.2, -0.15) is 0 Å². The van der Waals surface area contributed by atoms with Gasteiger partial charge in [-0.15, -0.1) is 0 Å². The molecule has 0 aromatic heterocycles. The third kappa shape index (κ3) is 7.79. The highest BCUT2D eigenvalue weighted by molar-refractivity contribution is 5.96. The molecule has 1 aliphatic rings. The molecule has 1 aliphatic heterocycles. The molecule has 34 heavy (non-hydrogen) atoms. The van der Waals surface area contributed by atoms with Gasteiger partial charge in [-0.25, -0.2) is 4.79 Å². The van der Waals surface area contributed by atoms with E-state index in [2.05, 4.69) is 16.0 Å². The number of primary amides is 1. The fourth-order valence-corrected chi connectivity index (χ4v) is 3.80. The minimum absolute atomic E-state index is 0.138. The van der Waals surface area contributed by atoms with Gasteiger partial charge in [0.15, 0.2) is 0 Å². The third-order valence-corrected chi connectivity index (χ3v) is 5.33. The van der Waals surface area contributed by atoms with E-state index >= 15 is 0 Å². The van der Waals surface area contributed by atoms with Crippen LogP contribution >= 0.6 is 0 Å². The number of likely N-dealkylation sites (tertiary alicyclic amines) is 1. The molecule has 1 fully saturated rings. The maximum atomic E-state index is 13.1. The predicted molar refractivity (Wildman–Crippen MR) is 129 cm³/mol. The predicted octanol–water partition coefficient (Wildman–Crippen LogP) is 1.77. The van der Waals surface area contributed by atoms with Crippen LogP contribution in [0.4, 0.5) is 10.5 Å². The van der Waals surface area contributed by atoms with Crippen molar-refractivity contribution in [3.8, 4) is 5.75 Å². The molecule has 0 radical (unpaired) electrons. The first kappa shape index (κ1) is 26.7. The normalized spacial score (nSPS) is 18.1. The van der Waals surface area contributed by atoms with Crippen molar-refractivity contribution in [2.24, 2.45) is 11.7 Å². The number of carbonyl (C=O) groups is 4. The number of nitrogens with zero attached hydrogens (tertiary/aromatic N) is 1. The van der Waals surface area contributed by atoms with Crippen LogP contribution in [0.2, 0.25) is 0 Å². The van der Waals surface area contributed by atoms with Crippen molar-refractivity contribution in [3.05, 3.63) is 35.9 Å². The molecule has 5 N–H and O–H groups in total. The van der Waals surface area contributed by atoms with Crippen molar-refractivity contribution in [2.75, 3.05) is 19.0 Å². The van der Waals surface area contributed by atoms with Crippen LogP contribution in [-0.2, 0) is 14.4 Å². The van der Waals surface area contributed by atoms with Crippen LogP contribution in [0.25, 0.3) is 0 Å². The van der Waals surface area contributed by atoms with Gasteiger partial charge in [-0.05, 0) is 44.7 Å². The molecule has 1 heterocycles. The Kier molecular flexibility index (Phi) is 9.47. The molecule has 3 unspecified atom stereocenters. The molecule has 0 aliphatic carbocycles. The number of benzene rings is 1. The highest BCUT2D eigenvalue weighted by atomic mass is 16.5. The summed E-state index contributed by atoms with van der Waals surface area (Å²) < 4.78 is 5.16. The number of carbonyl (C=O) groups excluding carboxylic acids is 4. The summed E-state index contributed by atoms with van der Waals surface area (Å²) in [6, 6.07) is 4.28. The van der Waals surface area contributed by atoms with Crippen molar-refractivity contribution >= 4 is 29.4 Å². The molecule has 10 heteroatoms. The van der Waals surface area contributed by atoms with Gasteiger partial charge in [-0.3, -0.25) is 14.4 Å². The summed E-state index contributed by atoms with van der Waals surface area (Å²) in [5, 5.41) is 8.23. The van der Waals surface area contributed by atoms with Gasteiger partial charge in [0.1, 0.15) is 17.8 Å². The number of ether oxygens (including phenoxy) is 1. The quantitative estimate of drug-likeness (QED) is 0.404. The van der Waals surface area contributed by atoms with E-state index in [9.17, 15) is 19.2 Å². The first-order valence-electron chi connectivity index (χ1n) is 11.3. The van der Waals surface area contributed by atoms with E-state index in [0.717, 1.165) is 5.57 Å². The molecule has 0 spiro atoms. The molecule has 2 rings (SSSR count). The molecule has 186 valence electrons. The van der Waals surface area contributed by atoms with Crippen molar-refractivity contribution in [1.29, 1.82) is 0 Å². The molecular formula is C24H35N5O5. The molecule has 0 saturated carbocycles. The number of nitrogens with two attached hydrogens (primary N) is 1. The number of rotatable bonds is 9. The SMILES string of the molecule is COc1cccc(NC(=O)NC2CC(C(=O)NC(CC(C)C)C(N)=O)N(C(=O)C=C(C)C)C2)c1. The number of methoxy groups -OCH3 is 1. The summed E-state index contributed by atoms with van der Waals surface area (Å²) in [5.74, 6) is -0.706. The lowest BCUT2D eigenvalue weighted by atomic mass is 10.0. The topological polar surface area (TPSA) is 143 Å². The highest BCUT2D eigenvalue weighted by Gasteiger charge is 2.40. The number of allylic oxidation sites excluding steroid dienone is 1. The van der Waals surface area contributed by atoms with Crippen molar-refractivity contribution in [1.82, 2.24) is 15.5 Å². The second-order valence-electron chi connectivity index (χ2n) is 9.08. The average Bonchev–Trinajstić information content (AvgIpc) is 3.16. The van der Waals surface area contributed by atoms with Crippen molar-refractivity contribution < 1.29 is 23.9 Å². The second kappa shape index (κ2) is 12.1. The molecule has 0 bridgehead atoms. The number of urea groups is 1. The summed E-state index contributed by atoms with van der Waals surface area (Å²) in [6.45, 7) is 7.56. The first-order chi connectivity index (χ1) is 16.0. The lowest BCUT2D eigenvalue weighted by Crippen LogP contribution is -2.52.